The number of nitrogens with zero attached hydrogens (tertiary/aromatic N) is 3. The molecule has 1 aliphatic heterocycles. The molecule has 1 saturated heterocycles. The minimum Gasteiger partial charge on any atom is -0.356 e. The molecule has 0 aromatic carbocycles. The van der Waals surface area contributed by atoms with Crippen LogP contribution in [0.5, 0.6) is 0 Å². The predicted octanol–water partition coefficient (Wildman–Crippen LogP) is 2.90. The van der Waals surface area contributed by atoms with E-state index in [1.54, 1.807) is 0 Å². The van der Waals surface area contributed by atoms with Crippen molar-refractivity contribution in [3.8, 4) is 0 Å². The summed E-state index contributed by atoms with van der Waals surface area (Å²) in [6.07, 6.45) is 6.26. The SMILES string of the molecule is CC(C)C1CCCN(c2cc(NN)nc(C3CC3)n2)CC1. The van der Waals surface area contributed by atoms with Crippen LogP contribution in [-0.4, -0.2) is 23.1 Å². The lowest BCUT2D eigenvalue weighted by Crippen LogP contribution is -2.26. The third-order valence-electron chi connectivity index (χ3n) is 4.86. The number of nitrogens with one attached hydrogen (secondary N) is 1. The second-order valence-electron chi connectivity index (χ2n) is 6.81. The highest BCUT2D eigenvalue weighted by atomic mass is 15.3. The van der Waals surface area contributed by atoms with Gasteiger partial charge in [0.1, 0.15) is 17.5 Å². The Balaban J connectivity index is 1.77. The predicted molar refractivity (Wildman–Crippen MR) is 86.2 cm³/mol. The fourth-order valence-corrected chi connectivity index (χ4v) is 3.23. The minimum absolute atomic E-state index is 0.549. The van der Waals surface area contributed by atoms with Gasteiger partial charge in [-0.15, -0.1) is 0 Å². The molecule has 0 bridgehead atoms. The normalized spacial score (nSPS) is 23.2. The quantitative estimate of drug-likeness (QED) is 0.659. The van der Waals surface area contributed by atoms with Crippen LogP contribution in [0.3, 0.4) is 0 Å². The highest BCUT2D eigenvalue weighted by molar-refractivity contribution is 5.49. The zero-order valence-corrected chi connectivity index (χ0v) is 13.2. The molecule has 1 aromatic rings. The molecule has 1 unspecified atom stereocenters. The molecule has 21 heavy (non-hydrogen) atoms. The van der Waals surface area contributed by atoms with E-state index in [9.17, 15) is 0 Å². The van der Waals surface area contributed by atoms with E-state index < -0.39 is 0 Å². The number of rotatable bonds is 4. The van der Waals surface area contributed by atoms with Gasteiger partial charge in [-0.2, -0.15) is 0 Å². The maximum atomic E-state index is 5.57. The van der Waals surface area contributed by atoms with Gasteiger partial charge >= 0.3 is 0 Å². The van der Waals surface area contributed by atoms with Gasteiger partial charge in [-0.25, -0.2) is 15.8 Å². The molecule has 2 aliphatic rings. The first-order valence-electron chi connectivity index (χ1n) is 8.28. The van der Waals surface area contributed by atoms with Gasteiger partial charge in [-0.3, -0.25) is 0 Å². The summed E-state index contributed by atoms with van der Waals surface area (Å²) in [6.45, 7) is 6.86. The lowest BCUT2D eigenvalue weighted by Gasteiger charge is -2.23. The van der Waals surface area contributed by atoms with Crippen molar-refractivity contribution in [1.29, 1.82) is 0 Å². The first-order valence-corrected chi connectivity index (χ1v) is 8.28. The minimum atomic E-state index is 0.549. The van der Waals surface area contributed by atoms with Crippen LogP contribution in [0.25, 0.3) is 0 Å². The number of nitrogen functional groups attached to an aromatic ring is 1. The molecule has 5 heteroatoms. The highest BCUT2D eigenvalue weighted by Crippen LogP contribution is 2.39. The lowest BCUT2D eigenvalue weighted by molar-refractivity contribution is 0.351. The zero-order chi connectivity index (χ0) is 14.8. The molecule has 2 fully saturated rings. The summed E-state index contributed by atoms with van der Waals surface area (Å²) in [6, 6.07) is 1.99. The van der Waals surface area contributed by atoms with E-state index >= 15 is 0 Å². The smallest absolute Gasteiger partial charge is 0.145 e. The molecule has 0 spiro atoms. The number of aromatic nitrogens is 2. The Bertz CT molecular complexity index is 484. The second kappa shape index (κ2) is 6.18. The average Bonchev–Trinajstić information content (AvgIpc) is 3.32. The Morgan fingerprint density at radius 1 is 1.19 bits per heavy atom. The van der Waals surface area contributed by atoms with Crippen molar-refractivity contribution in [2.45, 2.75) is 51.9 Å². The van der Waals surface area contributed by atoms with Gasteiger partial charge < -0.3 is 10.3 Å². The fourth-order valence-electron chi connectivity index (χ4n) is 3.23. The summed E-state index contributed by atoms with van der Waals surface area (Å²) < 4.78 is 0. The summed E-state index contributed by atoms with van der Waals surface area (Å²) >= 11 is 0. The molecule has 0 radical (unpaired) electrons. The molecule has 5 nitrogen and oxygen atoms in total. The zero-order valence-electron chi connectivity index (χ0n) is 13.2. The molecule has 1 aromatic heterocycles. The van der Waals surface area contributed by atoms with Crippen LogP contribution < -0.4 is 16.2 Å². The molecule has 116 valence electrons. The van der Waals surface area contributed by atoms with Gasteiger partial charge in [0.05, 0.1) is 0 Å². The molecule has 0 amide bonds. The summed E-state index contributed by atoms with van der Waals surface area (Å²) in [7, 11) is 0. The van der Waals surface area contributed by atoms with Crippen LogP contribution >= 0.6 is 0 Å². The third-order valence-corrected chi connectivity index (χ3v) is 4.86. The van der Waals surface area contributed by atoms with E-state index in [1.165, 1.54) is 32.1 Å². The Morgan fingerprint density at radius 3 is 2.67 bits per heavy atom. The largest absolute Gasteiger partial charge is 0.356 e. The summed E-state index contributed by atoms with van der Waals surface area (Å²) in [5.41, 5.74) is 2.69. The molecule has 2 heterocycles. The van der Waals surface area contributed by atoms with Crippen LogP contribution in [0.1, 0.15) is 57.7 Å². The van der Waals surface area contributed by atoms with Gasteiger partial charge in [0.25, 0.3) is 0 Å². The van der Waals surface area contributed by atoms with Crippen molar-refractivity contribution < 1.29 is 0 Å². The van der Waals surface area contributed by atoms with E-state index in [0.717, 1.165) is 42.4 Å². The number of hydrazine groups is 1. The van der Waals surface area contributed by atoms with Gasteiger partial charge in [0, 0.05) is 25.1 Å². The molecule has 1 saturated carbocycles. The van der Waals surface area contributed by atoms with Crippen LogP contribution in [0.2, 0.25) is 0 Å². The topological polar surface area (TPSA) is 67.1 Å². The molecule has 3 rings (SSSR count). The van der Waals surface area contributed by atoms with Gasteiger partial charge in [0.15, 0.2) is 0 Å². The summed E-state index contributed by atoms with van der Waals surface area (Å²) in [5.74, 6) is 10.5. The maximum absolute atomic E-state index is 5.57. The Hall–Kier alpha value is -1.36. The Morgan fingerprint density at radius 2 is 2.00 bits per heavy atom. The summed E-state index contributed by atoms with van der Waals surface area (Å²) in [4.78, 5) is 11.7. The standard InChI is InChI=1S/C16H27N5/c1-11(2)12-4-3-8-21(9-7-12)15-10-14(20-17)18-16(19-15)13-5-6-13/h10-13H,3-9,17H2,1-2H3,(H,18,19,20). The van der Waals surface area contributed by atoms with Crippen molar-refractivity contribution in [1.82, 2.24) is 9.97 Å². The third kappa shape index (κ3) is 3.46. The molecular weight excluding hydrogens is 262 g/mol. The van der Waals surface area contributed by atoms with Gasteiger partial charge in [0.2, 0.25) is 0 Å². The van der Waals surface area contributed by atoms with Crippen LogP contribution in [0.4, 0.5) is 11.6 Å². The molecule has 3 N–H and O–H groups in total. The van der Waals surface area contributed by atoms with Gasteiger partial charge in [-0.1, -0.05) is 13.8 Å². The van der Waals surface area contributed by atoms with E-state index in [-0.39, 0.29) is 0 Å². The van der Waals surface area contributed by atoms with E-state index in [4.69, 9.17) is 10.8 Å². The maximum Gasteiger partial charge on any atom is 0.145 e. The van der Waals surface area contributed by atoms with Crippen molar-refractivity contribution in [3.63, 3.8) is 0 Å². The first-order chi connectivity index (χ1) is 10.2. The highest BCUT2D eigenvalue weighted by Gasteiger charge is 2.28. The van der Waals surface area contributed by atoms with Crippen molar-refractivity contribution in [3.05, 3.63) is 11.9 Å². The Labute approximate surface area is 127 Å². The fraction of sp³-hybridized carbons (Fsp3) is 0.750. The lowest BCUT2D eigenvalue weighted by atomic mass is 9.89. The first kappa shape index (κ1) is 14.6. The number of nitrogens with two attached hydrogens (primary N) is 1. The van der Waals surface area contributed by atoms with Crippen LogP contribution in [-0.2, 0) is 0 Å². The molecule has 1 aliphatic carbocycles. The van der Waals surface area contributed by atoms with E-state index in [0.29, 0.717) is 5.92 Å². The van der Waals surface area contributed by atoms with E-state index in [2.05, 4.69) is 29.2 Å². The second-order valence-corrected chi connectivity index (χ2v) is 6.81. The summed E-state index contributed by atoms with van der Waals surface area (Å²) in [5, 5.41) is 0. The molecular formula is C16H27N5. The molecule has 1 atom stereocenters. The number of anilines is 2. The monoisotopic (exact) mass is 289 g/mol. The van der Waals surface area contributed by atoms with Crippen molar-refractivity contribution in [2.75, 3.05) is 23.4 Å². The van der Waals surface area contributed by atoms with Gasteiger partial charge in [-0.05, 0) is 43.9 Å². The van der Waals surface area contributed by atoms with Crippen molar-refractivity contribution in [2.24, 2.45) is 17.7 Å². The number of hydrogen-bond acceptors (Lipinski definition) is 5. The Kier molecular flexibility index (Phi) is 4.29. The number of hydrogen-bond donors (Lipinski definition) is 2. The van der Waals surface area contributed by atoms with Crippen LogP contribution in [0.15, 0.2) is 6.07 Å². The van der Waals surface area contributed by atoms with Crippen molar-refractivity contribution >= 4 is 11.6 Å². The van der Waals surface area contributed by atoms with Crippen LogP contribution in [0, 0.1) is 11.8 Å². The van der Waals surface area contributed by atoms with E-state index in [1.807, 2.05) is 6.07 Å². The average molecular weight is 289 g/mol.